The average molecular weight is 583 g/mol. The van der Waals surface area contributed by atoms with E-state index in [0.29, 0.717) is 21.1 Å². The first-order valence-corrected chi connectivity index (χ1v) is 13.7. The summed E-state index contributed by atoms with van der Waals surface area (Å²) in [6.07, 6.45) is 2.29. The number of rotatable bonds is 10. The van der Waals surface area contributed by atoms with Crippen molar-refractivity contribution in [1.29, 1.82) is 5.26 Å². The van der Waals surface area contributed by atoms with E-state index in [2.05, 4.69) is 10.4 Å². The van der Waals surface area contributed by atoms with Gasteiger partial charge >= 0.3 is 5.69 Å². The Morgan fingerprint density at radius 1 is 1.29 bits per heavy atom. The molecule has 41 heavy (non-hydrogen) atoms. The predicted molar refractivity (Wildman–Crippen MR) is 152 cm³/mol. The van der Waals surface area contributed by atoms with Gasteiger partial charge in [-0.25, -0.2) is 18.4 Å². The number of hydrogen-bond acceptors (Lipinski definition) is 8. The van der Waals surface area contributed by atoms with Gasteiger partial charge in [0.25, 0.3) is 5.56 Å². The largest absolute Gasteiger partial charge is 0.496 e. The molecule has 4 aromatic rings. The van der Waals surface area contributed by atoms with Crippen molar-refractivity contribution >= 4 is 27.5 Å². The number of aromatic nitrogens is 4. The normalized spacial score (nSPS) is 12.5. The Hall–Kier alpha value is -4.28. The molecule has 3 heterocycles. The number of aryl methyl sites for hydroxylation is 1. The van der Waals surface area contributed by atoms with Crippen molar-refractivity contribution < 1.29 is 18.7 Å². The van der Waals surface area contributed by atoms with Gasteiger partial charge in [-0.15, -0.1) is 0 Å². The standard InChI is InChI=1S/C28H31FN6O5S/c1-16(2)32-26(37)28(4,5)35-23(36)22-17(3)24(34-12-7-11-31-34)41-25(22)33(27(35)38)15-21(40-13-10-30)19-14-18(29)8-9-20(19)39-6/h7-9,11-12,14,16,21H,13,15H2,1-6H3,(H,32,37)/t21-/m0/s1. The first-order valence-electron chi connectivity index (χ1n) is 12.8. The maximum absolute atomic E-state index is 14.4. The molecule has 1 N–H and O–H groups in total. The van der Waals surface area contributed by atoms with E-state index in [1.807, 2.05) is 6.07 Å². The molecule has 0 saturated heterocycles. The minimum atomic E-state index is -1.58. The van der Waals surface area contributed by atoms with E-state index in [1.165, 1.54) is 55.1 Å². The van der Waals surface area contributed by atoms with E-state index in [1.54, 1.807) is 43.9 Å². The molecule has 1 atom stereocenters. The van der Waals surface area contributed by atoms with E-state index < -0.39 is 34.6 Å². The lowest BCUT2D eigenvalue weighted by atomic mass is 10.0. The molecule has 0 aliphatic rings. The Balaban J connectivity index is 2.04. The molecule has 0 radical (unpaired) electrons. The van der Waals surface area contributed by atoms with E-state index in [0.717, 1.165) is 4.57 Å². The van der Waals surface area contributed by atoms with Gasteiger partial charge in [0.2, 0.25) is 5.91 Å². The molecule has 0 saturated carbocycles. The molecule has 0 unspecified atom stereocenters. The Kier molecular flexibility index (Phi) is 8.46. The van der Waals surface area contributed by atoms with Gasteiger partial charge in [0.05, 0.1) is 25.1 Å². The van der Waals surface area contributed by atoms with Crippen molar-refractivity contribution in [3.8, 4) is 16.8 Å². The van der Waals surface area contributed by atoms with Crippen LogP contribution in [0.2, 0.25) is 0 Å². The van der Waals surface area contributed by atoms with Gasteiger partial charge in [-0.05, 0) is 58.9 Å². The molecule has 13 heteroatoms. The maximum Gasteiger partial charge on any atom is 0.333 e. The number of amides is 1. The van der Waals surface area contributed by atoms with E-state index in [-0.39, 0.29) is 30.1 Å². The zero-order valence-corrected chi connectivity index (χ0v) is 24.4. The molecule has 1 amide bonds. The number of carbonyl (C=O) groups excluding carboxylic acids is 1. The topological polar surface area (TPSA) is 133 Å². The quantitative estimate of drug-likeness (QED) is 0.303. The molecule has 0 spiro atoms. The highest BCUT2D eigenvalue weighted by molar-refractivity contribution is 7.21. The Labute approximate surface area is 239 Å². The van der Waals surface area contributed by atoms with E-state index in [4.69, 9.17) is 9.47 Å². The van der Waals surface area contributed by atoms with Crippen molar-refractivity contribution in [2.24, 2.45) is 0 Å². The highest BCUT2D eigenvalue weighted by Gasteiger charge is 2.36. The number of benzene rings is 1. The van der Waals surface area contributed by atoms with Crippen LogP contribution in [0.4, 0.5) is 4.39 Å². The van der Waals surface area contributed by atoms with Crippen LogP contribution in [0.5, 0.6) is 5.75 Å². The van der Waals surface area contributed by atoms with Crippen LogP contribution in [-0.4, -0.2) is 44.6 Å². The summed E-state index contributed by atoms with van der Waals surface area (Å²) in [5.74, 6) is -0.779. The van der Waals surface area contributed by atoms with Gasteiger partial charge < -0.3 is 14.8 Å². The third-order valence-corrected chi connectivity index (χ3v) is 7.97. The summed E-state index contributed by atoms with van der Waals surface area (Å²) < 4.78 is 29.5. The van der Waals surface area contributed by atoms with Crippen molar-refractivity contribution in [1.82, 2.24) is 24.2 Å². The number of thiophene rings is 1. The minimum absolute atomic E-state index is 0.211. The molecule has 1 aromatic carbocycles. The number of ether oxygens (including phenoxy) is 2. The fourth-order valence-electron chi connectivity index (χ4n) is 4.64. The van der Waals surface area contributed by atoms with Crippen molar-refractivity contribution in [2.75, 3.05) is 13.7 Å². The van der Waals surface area contributed by atoms with Crippen LogP contribution in [0.1, 0.15) is 44.9 Å². The summed E-state index contributed by atoms with van der Waals surface area (Å²) in [6.45, 7) is 7.74. The summed E-state index contributed by atoms with van der Waals surface area (Å²) in [6, 6.07) is 7.27. The van der Waals surface area contributed by atoms with E-state index >= 15 is 0 Å². The average Bonchev–Trinajstić information content (AvgIpc) is 3.56. The molecule has 0 aliphatic carbocycles. The monoisotopic (exact) mass is 582 g/mol. The van der Waals surface area contributed by atoms with E-state index in [9.17, 15) is 24.0 Å². The molecule has 0 fully saturated rings. The number of fused-ring (bicyclic) bond motifs is 1. The first kappa shape index (κ1) is 29.7. The lowest BCUT2D eigenvalue weighted by Gasteiger charge is -2.28. The Bertz CT molecular complexity index is 1750. The van der Waals surface area contributed by atoms with Crippen LogP contribution in [0, 0.1) is 24.1 Å². The van der Waals surface area contributed by atoms with Crippen LogP contribution in [0.25, 0.3) is 15.2 Å². The molecule has 4 rings (SSSR count). The number of methoxy groups -OCH3 is 1. The summed E-state index contributed by atoms with van der Waals surface area (Å²) in [5.41, 5.74) is -2.12. The highest BCUT2D eigenvalue weighted by atomic mass is 32.1. The maximum atomic E-state index is 14.4. The van der Waals surface area contributed by atoms with Gasteiger partial charge in [0, 0.05) is 29.6 Å². The van der Waals surface area contributed by atoms with Crippen molar-refractivity contribution in [3.63, 3.8) is 0 Å². The third kappa shape index (κ3) is 5.53. The molecule has 11 nitrogen and oxygen atoms in total. The third-order valence-electron chi connectivity index (χ3n) is 6.67. The van der Waals surface area contributed by atoms with Crippen LogP contribution < -0.4 is 21.3 Å². The van der Waals surface area contributed by atoms with Gasteiger partial charge in [0.1, 0.15) is 39.6 Å². The van der Waals surface area contributed by atoms with Crippen LogP contribution in [0.15, 0.2) is 46.2 Å². The second-order valence-electron chi connectivity index (χ2n) is 10.2. The highest BCUT2D eigenvalue weighted by Crippen LogP contribution is 2.34. The van der Waals surface area contributed by atoms with Gasteiger partial charge in [0.15, 0.2) is 0 Å². The van der Waals surface area contributed by atoms with Crippen LogP contribution >= 0.6 is 11.3 Å². The zero-order chi connectivity index (χ0) is 30.1. The van der Waals surface area contributed by atoms with Crippen LogP contribution in [-0.2, 0) is 21.6 Å². The summed E-state index contributed by atoms with van der Waals surface area (Å²) in [5, 5.41) is 17.2. The van der Waals surface area contributed by atoms with Crippen LogP contribution in [0.3, 0.4) is 0 Å². The summed E-state index contributed by atoms with van der Waals surface area (Å²) in [4.78, 5) is 41.8. The Morgan fingerprint density at radius 2 is 2.02 bits per heavy atom. The summed E-state index contributed by atoms with van der Waals surface area (Å²) >= 11 is 1.17. The second kappa shape index (κ2) is 11.7. The second-order valence-corrected chi connectivity index (χ2v) is 11.2. The lowest BCUT2D eigenvalue weighted by Crippen LogP contribution is -2.56. The number of halogens is 1. The van der Waals surface area contributed by atoms with Gasteiger partial charge in [-0.3, -0.25) is 14.2 Å². The number of hydrogen-bond donors (Lipinski definition) is 1. The molecular formula is C28H31FN6O5S. The number of nitrogens with zero attached hydrogens (tertiary/aromatic N) is 5. The van der Waals surface area contributed by atoms with Gasteiger partial charge in [-0.2, -0.15) is 10.4 Å². The molecule has 0 bridgehead atoms. The first-order chi connectivity index (χ1) is 19.4. The Morgan fingerprint density at radius 3 is 2.63 bits per heavy atom. The smallest absolute Gasteiger partial charge is 0.333 e. The van der Waals surface area contributed by atoms with Crippen molar-refractivity contribution in [3.05, 3.63) is 74.4 Å². The number of nitriles is 1. The predicted octanol–water partition coefficient (Wildman–Crippen LogP) is 3.41. The molecule has 0 aliphatic heterocycles. The minimum Gasteiger partial charge on any atom is -0.496 e. The molecular weight excluding hydrogens is 551 g/mol. The fourth-order valence-corrected chi connectivity index (χ4v) is 5.88. The molecule has 216 valence electrons. The van der Waals surface area contributed by atoms with Crippen molar-refractivity contribution in [2.45, 2.75) is 58.8 Å². The number of nitrogens with one attached hydrogen (secondary N) is 1. The fraction of sp³-hybridized carbons (Fsp3) is 0.393. The van der Waals surface area contributed by atoms with Gasteiger partial charge in [-0.1, -0.05) is 11.3 Å². The zero-order valence-electron chi connectivity index (χ0n) is 23.6. The summed E-state index contributed by atoms with van der Waals surface area (Å²) in [7, 11) is 1.41. The SMILES string of the molecule is COc1ccc(F)cc1[C@H](Cn1c(=O)n(C(C)(C)C(=O)NC(C)C)c(=O)c2c(C)c(-n3cccn3)sc21)OCC#N. The lowest BCUT2D eigenvalue weighted by molar-refractivity contribution is -0.129. The number of carbonyl (C=O) groups is 1. The molecule has 3 aromatic heterocycles.